The molecule has 17 heavy (non-hydrogen) atoms. The van der Waals surface area contributed by atoms with Gasteiger partial charge in [0.05, 0.1) is 18.7 Å². The summed E-state index contributed by atoms with van der Waals surface area (Å²) in [6, 6.07) is 4.99. The molecule has 1 heterocycles. The van der Waals surface area contributed by atoms with Gasteiger partial charge in [0.25, 0.3) is 0 Å². The van der Waals surface area contributed by atoms with E-state index in [1.165, 1.54) is 6.07 Å². The summed E-state index contributed by atoms with van der Waals surface area (Å²) in [4.78, 5) is 4.29. The number of aromatic nitrogens is 2. The fraction of sp³-hybridized carbons (Fsp3) is 0.417. The summed E-state index contributed by atoms with van der Waals surface area (Å²) >= 11 is 0. The minimum atomic E-state index is -0.277. The number of nitrogens with one attached hydrogen (secondary N) is 1. The molecular weight excluding hydrogens is 221 g/mol. The van der Waals surface area contributed by atoms with Gasteiger partial charge in [-0.05, 0) is 12.1 Å². The predicted molar refractivity (Wildman–Crippen MR) is 64.3 cm³/mol. The normalized spacial score (nSPS) is 11.2. The van der Waals surface area contributed by atoms with Crippen LogP contribution in [0.15, 0.2) is 18.2 Å². The van der Waals surface area contributed by atoms with E-state index in [2.05, 4.69) is 10.3 Å². The zero-order valence-corrected chi connectivity index (χ0v) is 10.0. The Balaban J connectivity index is 2.18. The molecule has 0 aliphatic carbocycles. The van der Waals surface area contributed by atoms with Gasteiger partial charge in [0.15, 0.2) is 5.82 Å². The van der Waals surface area contributed by atoms with Crippen molar-refractivity contribution in [2.45, 2.75) is 6.54 Å². The standard InChI is InChI=1S/C12H16FN3O/c1-16-10-5-3-4-9(13)12(10)15-11(16)8-14-6-7-17-2/h3-5,14H,6-8H2,1-2H3. The van der Waals surface area contributed by atoms with Gasteiger partial charge in [0.2, 0.25) is 0 Å². The van der Waals surface area contributed by atoms with Crippen molar-refractivity contribution in [3.05, 3.63) is 29.8 Å². The Hall–Kier alpha value is -1.46. The number of ether oxygens (including phenoxy) is 1. The van der Waals surface area contributed by atoms with Gasteiger partial charge in [-0.1, -0.05) is 6.07 Å². The Morgan fingerprint density at radius 1 is 1.47 bits per heavy atom. The quantitative estimate of drug-likeness (QED) is 0.800. The summed E-state index contributed by atoms with van der Waals surface area (Å²) in [5.41, 5.74) is 1.24. The summed E-state index contributed by atoms with van der Waals surface area (Å²) in [5, 5.41) is 3.19. The summed E-state index contributed by atoms with van der Waals surface area (Å²) < 4.78 is 20.3. The van der Waals surface area contributed by atoms with E-state index in [1.807, 2.05) is 17.7 Å². The van der Waals surface area contributed by atoms with Gasteiger partial charge in [-0.3, -0.25) is 0 Å². The molecule has 0 spiro atoms. The fourth-order valence-corrected chi connectivity index (χ4v) is 1.76. The molecule has 0 fully saturated rings. The van der Waals surface area contributed by atoms with Crippen LogP contribution in [0.2, 0.25) is 0 Å². The number of nitrogens with zero attached hydrogens (tertiary/aromatic N) is 2. The number of rotatable bonds is 5. The average molecular weight is 237 g/mol. The van der Waals surface area contributed by atoms with Gasteiger partial charge in [-0.15, -0.1) is 0 Å². The van der Waals surface area contributed by atoms with Crippen LogP contribution in [0.5, 0.6) is 0 Å². The lowest BCUT2D eigenvalue weighted by Gasteiger charge is -2.04. The second-order valence-electron chi connectivity index (χ2n) is 3.86. The first-order chi connectivity index (χ1) is 8.24. The topological polar surface area (TPSA) is 39.1 Å². The second-order valence-corrected chi connectivity index (χ2v) is 3.86. The monoisotopic (exact) mass is 237 g/mol. The van der Waals surface area contributed by atoms with E-state index in [-0.39, 0.29) is 5.82 Å². The number of benzene rings is 1. The SMILES string of the molecule is COCCNCc1nc2c(F)cccc2n1C. The van der Waals surface area contributed by atoms with Crippen molar-refractivity contribution in [3.63, 3.8) is 0 Å². The molecule has 92 valence electrons. The second kappa shape index (κ2) is 5.25. The van der Waals surface area contributed by atoms with E-state index in [4.69, 9.17) is 4.74 Å². The largest absolute Gasteiger partial charge is 0.383 e. The first-order valence-corrected chi connectivity index (χ1v) is 5.53. The first-order valence-electron chi connectivity index (χ1n) is 5.53. The Labute approximate surface area is 99.4 Å². The molecule has 0 unspecified atom stereocenters. The molecule has 0 aliphatic heterocycles. The first kappa shape index (κ1) is 12.0. The summed E-state index contributed by atoms with van der Waals surface area (Å²) in [7, 11) is 3.55. The van der Waals surface area contributed by atoms with Crippen molar-refractivity contribution in [2.75, 3.05) is 20.3 Å². The van der Waals surface area contributed by atoms with Crippen molar-refractivity contribution in [1.82, 2.24) is 14.9 Å². The van der Waals surface area contributed by atoms with Gasteiger partial charge in [-0.2, -0.15) is 0 Å². The van der Waals surface area contributed by atoms with E-state index < -0.39 is 0 Å². The van der Waals surface area contributed by atoms with Crippen molar-refractivity contribution >= 4 is 11.0 Å². The van der Waals surface area contributed by atoms with Crippen LogP contribution in [0.1, 0.15) is 5.82 Å². The van der Waals surface area contributed by atoms with Crippen LogP contribution >= 0.6 is 0 Å². The lowest BCUT2D eigenvalue weighted by Crippen LogP contribution is -2.20. The number of halogens is 1. The van der Waals surface area contributed by atoms with Crippen LogP contribution in [-0.4, -0.2) is 29.8 Å². The molecular formula is C12H16FN3O. The lowest BCUT2D eigenvalue weighted by atomic mass is 10.3. The molecule has 0 atom stereocenters. The molecule has 0 aliphatic rings. The Morgan fingerprint density at radius 3 is 3.00 bits per heavy atom. The minimum absolute atomic E-state index is 0.277. The molecule has 1 N–H and O–H groups in total. The number of hydrogen-bond donors (Lipinski definition) is 1. The van der Waals surface area contributed by atoms with E-state index in [9.17, 15) is 4.39 Å². The molecule has 0 bridgehead atoms. The van der Waals surface area contributed by atoms with Crippen molar-refractivity contribution in [3.8, 4) is 0 Å². The third-order valence-corrected chi connectivity index (χ3v) is 2.72. The molecule has 4 nitrogen and oxygen atoms in total. The third kappa shape index (κ3) is 2.45. The molecule has 5 heteroatoms. The highest BCUT2D eigenvalue weighted by molar-refractivity contribution is 5.76. The van der Waals surface area contributed by atoms with Crippen LogP contribution in [0, 0.1) is 5.82 Å². The van der Waals surface area contributed by atoms with Crippen LogP contribution in [-0.2, 0) is 18.3 Å². The lowest BCUT2D eigenvalue weighted by molar-refractivity contribution is 0.199. The molecule has 0 amide bonds. The molecule has 2 aromatic rings. The summed E-state index contributed by atoms with van der Waals surface area (Å²) in [6.07, 6.45) is 0. The maximum atomic E-state index is 13.5. The van der Waals surface area contributed by atoms with Crippen molar-refractivity contribution < 1.29 is 9.13 Å². The molecule has 0 saturated carbocycles. The van der Waals surface area contributed by atoms with Gasteiger partial charge < -0.3 is 14.6 Å². The summed E-state index contributed by atoms with van der Waals surface area (Å²) in [6.45, 7) is 2.01. The Bertz CT molecular complexity index is 510. The van der Waals surface area contributed by atoms with Gasteiger partial charge in [0, 0.05) is 20.7 Å². The Kier molecular flexibility index (Phi) is 3.71. The van der Waals surface area contributed by atoms with Crippen LogP contribution in [0.4, 0.5) is 4.39 Å². The number of para-hydroxylation sites is 1. The van der Waals surface area contributed by atoms with Crippen LogP contribution < -0.4 is 5.32 Å². The number of methoxy groups -OCH3 is 1. The molecule has 2 rings (SSSR count). The Morgan fingerprint density at radius 2 is 2.29 bits per heavy atom. The van der Waals surface area contributed by atoms with Crippen molar-refractivity contribution in [2.24, 2.45) is 7.05 Å². The van der Waals surface area contributed by atoms with Crippen LogP contribution in [0.25, 0.3) is 11.0 Å². The highest BCUT2D eigenvalue weighted by atomic mass is 19.1. The zero-order valence-electron chi connectivity index (χ0n) is 10.0. The summed E-state index contributed by atoms with van der Waals surface area (Å²) in [5.74, 6) is 0.544. The fourth-order valence-electron chi connectivity index (χ4n) is 1.76. The maximum Gasteiger partial charge on any atom is 0.151 e. The van der Waals surface area contributed by atoms with Crippen molar-refractivity contribution in [1.29, 1.82) is 0 Å². The van der Waals surface area contributed by atoms with Gasteiger partial charge >= 0.3 is 0 Å². The highest BCUT2D eigenvalue weighted by Gasteiger charge is 2.10. The predicted octanol–water partition coefficient (Wildman–Crippen LogP) is 1.45. The van der Waals surface area contributed by atoms with E-state index >= 15 is 0 Å². The van der Waals surface area contributed by atoms with E-state index in [0.717, 1.165) is 17.9 Å². The molecule has 1 aromatic carbocycles. The average Bonchev–Trinajstić information content (AvgIpc) is 2.65. The van der Waals surface area contributed by atoms with Gasteiger partial charge in [-0.25, -0.2) is 9.37 Å². The van der Waals surface area contributed by atoms with Crippen LogP contribution in [0.3, 0.4) is 0 Å². The molecule has 0 saturated heterocycles. The smallest absolute Gasteiger partial charge is 0.151 e. The van der Waals surface area contributed by atoms with E-state index in [1.54, 1.807) is 13.2 Å². The molecule has 0 radical (unpaired) electrons. The number of aryl methyl sites for hydroxylation is 1. The zero-order chi connectivity index (χ0) is 12.3. The molecule has 1 aromatic heterocycles. The number of hydrogen-bond acceptors (Lipinski definition) is 3. The highest BCUT2D eigenvalue weighted by Crippen LogP contribution is 2.17. The maximum absolute atomic E-state index is 13.5. The third-order valence-electron chi connectivity index (χ3n) is 2.72. The van der Waals surface area contributed by atoms with E-state index in [0.29, 0.717) is 18.7 Å². The van der Waals surface area contributed by atoms with Gasteiger partial charge in [0.1, 0.15) is 11.3 Å². The number of imidazole rings is 1. The minimum Gasteiger partial charge on any atom is -0.383 e. The number of fused-ring (bicyclic) bond motifs is 1.